The van der Waals surface area contributed by atoms with Crippen molar-refractivity contribution in [2.24, 2.45) is 10.9 Å². The van der Waals surface area contributed by atoms with Crippen LogP contribution in [0.2, 0.25) is 5.02 Å². The highest BCUT2D eigenvalue weighted by atomic mass is 127. The summed E-state index contributed by atoms with van der Waals surface area (Å²) >= 11 is 8.60. The Labute approximate surface area is 254 Å². The van der Waals surface area contributed by atoms with Gasteiger partial charge in [-0.25, -0.2) is 0 Å². The zero-order valence-corrected chi connectivity index (χ0v) is 25.1. The van der Waals surface area contributed by atoms with E-state index in [-0.39, 0.29) is 6.04 Å². The van der Waals surface area contributed by atoms with Crippen molar-refractivity contribution in [2.75, 3.05) is 11.9 Å². The van der Waals surface area contributed by atoms with Crippen LogP contribution in [0.4, 0.5) is 11.4 Å². The number of para-hydroxylation sites is 1. The fourth-order valence-electron chi connectivity index (χ4n) is 5.62. The van der Waals surface area contributed by atoms with Crippen molar-refractivity contribution >= 4 is 51.8 Å². The van der Waals surface area contributed by atoms with Crippen molar-refractivity contribution in [1.29, 1.82) is 0 Å². The van der Waals surface area contributed by atoms with Crippen molar-refractivity contribution in [2.45, 2.75) is 31.9 Å². The zero-order valence-electron chi connectivity index (χ0n) is 22.2. The monoisotopic (exact) mass is 660 g/mol. The largest absolute Gasteiger partial charge is 0.490 e. The molecule has 2 aliphatic rings. The molecule has 0 saturated heterocycles. The Balaban J connectivity index is 1.18. The molecule has 1 N–H and O–H groups in total. The molecule has 6 heteroatoms. The van der Waals surface area contributed by atoms with E-state index in [9.17, 15) is 0 Å². The molecule has 0 spiro atoms. The molecular formula is C34H30ClIN2O2. The molecule has 3 atom stereocenters. The molecule has 0 amide bonds. The van der Waals surface area contributed by atoms with Gasteiger partial charge in [-0.05, 0) is 94.9 Å². The first-order valence-electron chi connectivity index (χ1n) is 13.6. The summed E-state index contributed by atoms with van der Waals surface area (Å²) in [5.41, 5.74) is 6.73. The maximum absolute atomic E-state index is 6.32. The standard InChI is InChI=1S/C34H30ClIN2O2/c1-2-39-32-19-22(18-30(36)34(32)40-21-24-8-3-5-12-29(24)35)20-37-25-16-14-23(15-17-25)33-28-11-7-10-26(28)27-9-4-6-13-31(27)38-33/h3-10,12-20,26,28,33,38H,2,11,21H2,1H3/t26-,28+,33-/m0/s1. The Bertz CT molecular complexity index is 1570. The smallest absolute Gasteiger partial charge is 0.175 e. The molecule has 0 aromatic heterocycles. The number of rotatable bonds is 8. The number of anilines is 1. The number of nitrogens with zero attached hydrogens (tertiary/aromatic N) is 1. The molecule has 0 unspecified atom stereocenters. The summed E-state index contributed by atoms with van der Waals surface area (Å²) in [6, 6.07) is 29.3. The van der Waals surface area contributed by atoms with Gasteiger partial charge in [-0.3, -0.25) is 4.99 Å². The van der Waals surface area contributed by atoms with E-state index in [0.29, 0.717) is 41.6 Å². The SMILES string of the molecule is CCOc1cc(C=Nc2ccc([C@@H]3Nc4ccccc4[C@@H]4C=CC[C@H]43)cc2)cc(I)c1OCc1ccccc1Cl. The van der Waals surface area contributed by atoms with E-state index in [1.165, 1.54) is 16.8 Å². The third-order valence-electron chi connectivity index (χ3n) is 7.55. The van der Waals surface area contributed by atoms with Gasteiger partial charge in [0.15, 0.2) is 11.5 Å². The van der Waals surface area contributed by atoms with E-state index in [2.05, 4.69) is 94.7 Å². The van der Waals surface area contributed by atoms with E-state index < -0.39 is 0 Å². The molecule has 4 nitrogen and oxygen atoms in total. The number of hydrogen-bond donors (Lipinski definition) is 1. The molecule has 1 heterocycles. The summed E-state index contributed by atoms with van der Waals surface area (Å²) in [6.45, 7) is 2.88. The Morgan fingerprint density at radius 2 is 1.80 bits per heavy atom. The van der Waals surface area contributed by atoms with Gasteiger partial charge < -0.3 is 14.8 Å². The van der Waals surface area contributed by atoms with Crippen molar-refractivity contribution < 1.29 is 9.47 Å². The van der Waals surface area contributed by atoms with Crippen LogP contribution in [0, 0.1) is 9.49 Å². The van der Waals surface area contributed by atoms with Crippen molar-refractivity contribution in [1.82, 2.24) is 0 Å². The number of nitrogens with one attached hydrogen (secondary N) is 1. The number of hydrogen-bond acceptors (Lipinski definition) is 4. The number of fused-ring (bicyclic) bond motifs is 3. The first-order valence-corrected chi connectivity index (χ1v) is 15.0. The molecule has 1 aliphatic heterocycles. The van der Waals surface area contributed by atoms with Crippen LogP contribution in [0.25, 0.3) is 0 Å². The summed E-state index contributed by atoms with van der Waals surface area (Å²) in [6.07, 6.45) is 7.68. The quantitative estimate of drug-likeness (QED) is 0.116. The first-order chi connectivity index (χ1) is 19.6. The highest BCUT2D eigenvalue weighted by Gasteiger charge is 2.37. The Morgan fingerprint density at radius 3 is 2.62 bits per heavy atom. The molecule has 6 rings (SSSR count). The number of halogens is 2. The van der Waals surface area contributed by atoms with Gasteiger partial charge in [0.05, 0.1) is 21.9 Å². The molecular weight excluding hydrogens is 631 g/mol. The Kier molecular flexibility index (Phi) is 8.12. The lowest BCUT2D eigenvalue weighted by atomic mass is 9.77. The van der Waals surface area contributed by atoms with Gasteiger partial charge >= 0.3 is 0 Å². The minimum Gasteiger partial charge on any atom is -0.490 e. The maximum atomic E-state index is 6.32. The summed E-state index contributed by atoms with van der Waals surface area (Å²) in [4.78, 5) is 4.77. The highest BCUT2D eigenvalue weighted by molar-refractivity contribution is 14.1. The normalized spacial score (nSPS) is 19.2. The molecule has 0 radical (unpaired) electrons. The topological polar surface area (TPSA) is 42.8 Å². The number of ether oxygens (including phenoxy) is 2. The second-order valence-corrected chi connectivity index (χ2v) is 11.6. The Morgan fingerprint density at radius 1 is 1.00 bits per heavy atom. The molecule has 202 valence electrons. The van der Waals surface area contributed by atoms with E-state index >= 15 is 0 Å². The van der Waals surface area contributed by atoms with E-state index in [0.717, 1.165) is 26.8 Å². The fourth-order valence-corrected chi connectivity index (χ4v) is 6.59. The van der Waals surface area contributed by atoms with Gasteiger partial charge in [0.1, 0.15) is 6.61 Å². The van der Waals surface area contributed by atoms with Gasteiger partial charge in [0, 0.05) is 28.4 Å². The maximum Gasteiger partial charge on any atom is 0.175 e. The highest BCUT2D eigenvalue weighted by Crippen LogP contribution is 2.49. The lowest BCUT2D eigenvalue weighted by Crippen LogP contribution is -2.28. The molecule has 40 heavy (non-hydrogen) atoms. The summed E-state index contributed by atoms with van der Waals surface area (Å²) < 4.78 is 13.0. The molecule has 0 saturated carbocycles. The molecule has 4 aromatic carbocycles. The summed E-state index contributed by atoms with van der Waals surface area (Å²) in [7, 11) is 0. The molecule has 0 bridgehead atoms. The third kappa shape index (κ3) is 5.63. The van der Waals surface area contributed by atoms with Crippen molar-refractivity contribution in [3.05, 3.63) is 128 Å². The number of benzene rings is 4. The first kappa shape index (κ1) is 26.9. The average Bonchev–Trinajstić information content (AvgIpc) is 3.47. The molecule has 4 aromatic rings. The van der Waals surface area contributed by atoms with Gasteiger partial charge in [-0.15, -0.1) is 0 Å². The fraction of sp³-hybridized carbons (Fsp3) is 0.206. The van der Waals surface area contributed by atoms with Crippen LogP contribution in [0.15, 0.2) is 102 Å². The van der Waals surface area contributed by atoms with E-state index in [1.807, 2.05) is 43.5 Å². The number of allylic oxidation sites excluding steroid dienone is 2. The van der Waals surface area contributed by atoms with Gasteiger partial charge in [-0.2, -0.15) is 0 Å². The van der Waals surface area contributed by atoms with Crippen molar-refractivity contribution in [3.63, 3.8) is 0 Å². The minimum absolute atomic E-state index is 0.279. The predicted octanol–water partition coefficient (Wildman–Crippen LogP) is 9.50. The zero-order chi connectivity index (χ0) is 27.5. The lowest BCUT2D eigenvalue weighted by Gasteiger charge is -2.37. The molecule has 1 aliphatic carbocycles. The predicted molar refractivity (Wildman–Crippen MR) is 173 cm³/mol. The van der Waals surface area contributed by atoms with E-state index in [4.69, 9.17) is 26.1 Å². The van der Waals surface area contributed by atoms with Crippen molar-refractivity contribution in [3.8, 4) is 11.5 Å². The average molecular weight is 661 g/mol. The van der Waals surface area contributed by atoms with Crippen LogP contribution in [0.3, 0.4) is 0 Å². The van der Waals surface area contributed by atoms with Crippen LogP contribution in [-0.2, 0) is 6.61 Å². The summed E-state index contributed by atoms with van der Waals surface area (Å²) in [5.74, 6) is 2.41. The number of aliphatic imine (C=N–C) groups is 1. The van der Waals surface area contributed by atoms with Gasteiger partial charge in [0.2, 0.25) is 0 Å². The Hall–Kier alpha value is -3.29. The van der Waals surface area contributed by atoms with Crippen LogP contribution in [0.5, 0.6) is 11.5 Å². The second kappa shape index (κ2) is 12.1. The second-order valence-electron chi connectivity index (χ2n) is 10.1. The van der Waals surface area contributed by atoms with E-state index in [1.54, 1.807) is 0 Å². The van der Waals surface area contributed by atoms with Gasteiger partial charge in [-0.1, -0.05) is 72.3 Å². The van der Waals surface area contributed by atoms with Crippen LogP contribution in [-0.4, -0.2) is 12.8 Å². The van der Waals surface area contributed by atoms with Crippen LogP contribution < -0.4 is 14.8 Å². The van der Waals surface area contributed by atoms with Crippen LogP contribution >= 0.6 is 34.2 Å². The third-order valence-corrected chi connectivity index (χ3v) is 8.72. The van der Waals surface area contributed by atoms with Crippen LogP contribution in [0.1, 0.15) is 47.6 Å². The lowest BCUT2D eigenvalue weighted by molar-refractivity contribution is 0.267. The minimum atomic E-state index is 0.279. The van der Waals surface area contributed by atoms with Gasteiger partial charge in [0.25, 0.3) is 0 Å². The molecule has 0 fully saturated rings. The summed E-state index contributed by atoms with van der Waals surface area (Å²) in [5, 5.41) is 4.49.